The molecule has 0 spiro atoms. The monoisotopic (exact) mass is 253 g/mol. The van der Waals surface area contributed by atoms with E-state index in [2.05, 4.69) is 26.2 Å². The highest BCUT2D eigenvalue weighted by Gasteiger charge is 2.10. The Morgan fingerprint density at radius 3 is 2.53 bits per heavy atom. The fourth-order valence-corrected chi connectivity index (χ4v) is 1.44. The molecule has 0 saturated carbocycles. The molecular formula is C11H16ClN5. The number of aromatic nitrogens is 3. The fraction of sp³-hybridized carbons (Fsp3) is 0.545. The highest BCUT2D eigenvalue weighted by atomic mass is 35.5. The van der Waals surface area contributed by atoms with Gasteiger partial charge >= 0.3 is 0 Å². The van der Waals surface area contributed by atoms with Crippen LogP contribution >= 0.6 is 11.6 Å². The molecule has 0 aliphatic carbocycles. The van der Waals surface area contributed by atoms with E-state index in [1.54, 1.807) is 0 Å². The Bertz CT molecular complexity index is 411. The Labute approximate surface area is 107 Å². The maximum atomic E-state index is 5.85. The third-order valence-electron chi connectivity index (χ3n) is 2.24. The third kappa shape index (κ3) is 3.75. The second-order valence-electron chi connectivity index (χ2n) is 3.43. The number of halogens is 1. The second kappa shape index (κ2) is 6.26. The predicted octanol–water partition coefficient (Wildman–Crippen LogP) is 1.80. The highest BCUT2D eigenvalue weighted by Crippen LogP contribution is 2.13. The van der Waals surface area contributed by atoms with Crippen molar-refractivity contribution in [3.8, 4) is 12.3 Å². The summed E-state index contributed by atoms with van der Waals surface area (Å²) < 4.78 is 0. The van der Waals surface area contributed by atoms with Gasteiger partial charge in [0.15, 0.2) is 0 Å². The lowest BCUT2D eigenvalue weighted by molar-refractivity contribution is 0.809. The molecule has 1 unspecified atom stereocenters. The molecule has 0 aliphatic rings. The van der Waals surface area contributed by atoms with Crippen LogP contribution in [0.4, 0.5) is 11.9 Å². The van der Waals surface area contributed by atoms with Gasteiger partial charge < -0.3 is 10.2 Å². The minimum absolute atomic E-state index is 0.155. The van der Waals surface area contributed by atoms with E-state index < -0.39 is 0 Å². The zero-order valence-corrected chi connectivity index (χ0v) is 11.0. The van der Waals surface area contributed by atoms with Crippen LogP contribution in [0.3, 0.4) is 0 Å². The van der Waals surface area contributed by atoms with E-state index in [0.29, 0.717) is 11.9 Å². The number of anilines is 2. The number of nitrogens with one attached hydrogen (secondary N) is 1. The third-order valence-corrected chi connectivity index (χ3v) is 2.41. The van der Waals surface area contributed by atoms with E-state index in [9.17, 15) is 0 Å². The quantitative estimate of drug-likeness (QED) is 0.811. The van der Waals surface area contributed by atoms with Crippen molar-refractivity contribution in [1.29, 1.82) is 0 Å². The van der Waals surface area contributed by atoms with E-state index in [-0.39, 0.29) is 11.3 Å². The molecule has 1 heterocycles. The van der Waals surface area contributed by atoms with Crippen molar-refractivity contribution in [3.63, 3.8) is 0 Å². The first kappa shape index (κ1) is 13.5. The van der Waals surface area contributed by atoms with Crippen LogP contribution in [0.2, 0.25) is 5.28 Å². The first-order valence-corrected chi connectivity index (χ1v) is 5.87. The van der Waals surface area contributed by atoms with Crippen LogP contribution in [0.1, 0.15) is 20.8 Å². The first-order valence-electron chi connectivity index (χ1n) is 5.49. The molecule has 92 valence electrons. The molecule has 1 rings (SSSR count). The molecule has 1 atom stereocenters. The summed E-state index contributed by atoms with van der Waals surface area (Å²) in [7, 11) is 0. The Morgan fingerprint density at radius 2 is 2.00 bits per heavy atom. The average molecular weight is 254 g/mol. The van der Waals surface area contributed by atoms with Gasteiger partial charge in [0.2, 0.25) is 17.2 Å². The predicted molar refractivity (Wildman–Crippen MR) is 70.3 cm³/mol. The summed E-state index contributed by atoms with van der Waals surface area (Å²) in [5, 5.41) is 3.13. The van der Waals surface area contributed by atoms with Crippen molar-refractivity contribution < 1.29 is 0 Å². The zero-order chi connectivity index (χ0) is 12.8. The SMILES string of the molecule is C#CC(C)Nc1nc(Cl)nc(N(CC)CC)n1. The van der Waals surface area contributed by atoms with E-state index >= 15 is 0 Å². The van der Waals surface area contributed by atoms with Gasteiger partial charge in [-0.1, -0.05) is 5.92 Å². The van der Waals surface area contributed by atoms with Crippen molar-refractivity contribution in [2.45, 2.75) is 26.8 Å². The van der Waals surface area contributed by atoms with Gasteiger partial charge in [-0.2, -0.15) is 15.0 Å². The molecular weight excluding hydrogens is 238 g/mol. The molecule has 1 aromatic rings. The maximum Gasteiger partial charge on any atom is 0.231 e. The molecule has 1 N–H and O–H groups in total. The van der Waals surface area contributed by atoms with Gasteiger partial charge in [-0.15, -0.1) is 6.42 Å². The maximum absolute atomic E-state index is 5.85. The van der Waals surface area contributed by atoms with E-state index in [4.69, 9.17) is 18.0 Å². The summed E-state index contributed by atoms with van der Waals surface area (Å²) in [4.78, 5) is 14.3. The summed E-state index contributed by atoms with van der Waals surface area (Å²) in [5.74, 6) is 3.50. The minimum Gasteiger partial charge on any atom is -0.341 e. The Hall–Kier alpha value is -1.54. The van der Waals surface area contributed by atoms with E-state index in [1.165, 1.54) is 0 Å². The van der Waals surface area contributed by atoms with Gasteiger partial charge in [-0.3, -0.25) is 0 Å². The zero-order valence-electron chi connectivity index (χ0n) is 10.2. The number of nitrogens with zero attached hydrogens (tertiary/aromatic N) is 4. The van der Waals surface area contributed by atoms with Gasteiger partial charge in [0.05, 0.1) is 6.04 Å². The smallest absolute Gasteiger partial charge is 0.231 e. The van der Waals surface area contributed by atoms with Crippen LogP contribution in [0, 0.1) is 12.3 Å². The molecule has 0 aliphatic heterocycles. The normalized spacial score (nSPS) is 11.7. The molecule has 1 aromatic heterocycles. The molecule has 0 amide bonds. The summed E-state index contributed by atoms with van der Waals surface area (Å²) in [6.07, 6.45) is 5.28. The van der Waals surface area contributed by atoms with Crippen LogP contribution in [-0.2, 0) is 0 Å². The number of rotatable bonds is 5. The van der Waals surface area contributed by atoms with Gasteiger partial charge in [-0.25, -0.2) is 0 Å². The van der Waals surface area contributed by atoms with Crippen LogP contribution in [0.15, 0.2) is 0 Å². The topological polar surface area (TPSA) is 53.9 Å². The second-order valence-corrected chi connectivity index (χ2v) is 3.77. The van der Waals surface area contributed by atoms with Crippen molar-refractivity contribution in [1.82, 2.24) is 15.0 Å². The van der Waals surface area contributed by atoms with E-state index in [0.717, 1.165) is 13.1 Å². The average Bonchev–Trinajstić information content (AvgIpc) is 2.29. The van der Waals surface area contributed by atoms with Gasteiger partial charge in [0.1, 0.15) is 0 Å². The first-order chi connectivity index (χ1) is 8.10. The number of hydrogen-bond donors (Lipinski definition) is 1. The lowest BCUT2D eigenvalue weighted by Crippen LogP contribution is -2.25. The molecule has 17 heavy (non-hydrogen) atoms. The molecule has 0 aromatic carbocycles. The molecule has 0 fully saturated rings. The van der Waals surface area contributed by atoms with Crippen LogP contribution in [0.5, 0.6) is 0 Å². The van der Waals surface area contributed by atoms with Gasteiger partial charge in [-0.05, 0) is 32.4 Å². The number of terminal acetylenes is 1. The van der Waals surface area contributed by atoms with Crippen molar-refractivity contribution >= 4 is 23.5 Å². The van der Waals surface area contributed by atoms with Crippen molar-refractivity contribution in [3.05, 3.63) is 5.28 Å². The van der Waals surface area contributed by atoms with E-state index in [1.807, 2.05) is 25.7 Å². The van der Waals surface area contributed by atoms with Gasteiger partial charge in [0.25, 0.3) is 0 Å². The van der Waals surface area contributed by atoms with Crippen molar-refractivity contribution in [2.24, 2.45) is 0 Å². The lowest BCUT2D eigenvalue weighted by Gasteiger charge is -2.19. The lowest BCUT2D eigenvalue weighted by atomic mass is 10.4. The summed E-state index contributed by atoms with van der Waals surface area (Å²) in [6, 6.07) is -0.155. The van der Waals surface area contributed by atoms with Gasteiger partial charge in [0, 0.05) is 13.1 Å². The minimum atomic E-state index is -0.155. The summed E-state index contributed by atoms with van der Waals surface area (Å²) >= 11 is 5.85. The summed E-state index contributed by atoms with van der Waals surface area (Å²) in [5.41, 5.74) is 0. The number of hydrogen-bond acceptors (Lipinski definition) is 5. The Balaban J connectivity index is 2.98. The van der Waals surface area contributed by atoms with Crippen LogP contribution < -0.4 is 10.2 Å². The Kier molecular flexibility index (Phi) is 4.98. The molecule has 0 saturated heterocycles. The van der Waals surface area contributed by atoms with Crippen LogP contribution in [0.25, 0.3) is 0 Å². The molecule has 6 heteroatoms. The standard InChI is InChI=1S/C11H16ClN5/c1-5-8(4)13-10-14-9(12)15-11(16-10)17(6-2)7-3/h1,8H,6-7H2,2-4H3,(H,13,14,15,16). The summed E-state index contributed by atoms with van der Waals surface area (Å²) in [6.45, 7) is 7.51. The Morgan fingerprint density at radius 1 is 1.35 bits per heavy atom. The fourth-order valence-electron chi connectivity index (χ4n) is 1.29. The largest absolute Gasteiger partial charge is 0.341 e. The molecule has 0 radical (unpaired) electrons. The van der Waals surface area contributed by atoms with Crippen LogP contribution in [-0.4, -0.2) is 34.1 Å². The molecule has 0 bridgehead atoms. The highest BCUT2D eigenvalue weighted by molar-refractivity contribution is 6.28. The van der Waals surface area contributed by atoms with Crippen molar-refractivity contribution in [2.75, 3.05) is 23.3 Å². The molecule has 5 nitrogen and oxygen atoms in total.